The molecule has 1 N–H and O–H groups in total. The van der Waals surface area contributed by atoms with Crippen molar-refractivity contribution in [3.8, 4) is 0 Å². The van der Waals surface area contributed by atoms with Crippen molar-refractivity contribution in [2.45, 2.75) is 31.6 Å². The van der Waals surface area contributed by atoms with Crippen molar-refractivity contribution in [2.24, 2.45) is 0 Å². The van der Waals surface area contributed by atoms with Crippen LogP contribution in [0.25, 0.3) is 0 Å². The first kappa shape index (κ1) is 20.7. The number of benzene rings is 1. The van der Waals surface area contributed by atoms with Crippen LogP contribution in [0.4, 0.5) is 0 Å². The van der Waals surface area contributed by atoms with Crippen LogP contribution < -0.4 is 5.32 Å². The molecule has 1 atom stereocenters. The van der Waals surface area contributed by atoms with Gasteiger partial charge in [0.1, 0.15) is 6.04 Å². The van der Waals surface area contributed by atoms with Gasteiger partial charge in [-0.2, -0.15) is 0 Å². The highest BCUT2D eigenvalue weighted by Crippen LogP contribution is 2.24. The largest absolute Gasteiger partial charge is 0.378 e. The first-order chi connectivity index (χ1) is 11.6. The van der Waals surface area contributed by atoms with E-state index in [4.69, 9.17) is 32.7 Å². The molecule has 140 valence electrons. The van der Waals surface area contributed by atoms with Gasteiger partial charge in [0.25, 0.3) is 0 Å². The summed E-state index contributed by atoms with van der Waals surface area (Å²) in [4.78, 5) is 14.3. The summed E-state index contributed by atoms with van der Waals surface area (Å²) in [6, 6.07) is 5.33. The van der Waals surface area contributed by atoms with Gasteiger partial charge in [0.05, 0.1) is 36.0 Å². The minimum atomic E-state index is -0.201. The first-order valence-electron chi connectivity index (χ1n) is 8.29. The highest BCUT2D eigenvalue weighted by molar-refractivity contribution is 6.42. The van der Waals surface area contributed by atoms with Crippen molar-refractivity contribution in [1.29, 1.82) is 0 Å². The second-order valence-electron chi connectivity index (χ2n) is 6.17. The summed E-state index contributed by atoms with van der Waals surface area (Å²) >= 11 is 11.9. The summed E-state index contributed by atoms with van der Waals surface area (Å²) in [5.74, 6) is 0.137. The van der Waals surface area contributed by atoms with Crippen LogP contribution in [-0.4, -0.2) is 55.8 Å². The van der Waals surface area contributed by atoms with Crippen LogP contribution in [-0.2, 0) is 20.9 Å². The quantitative estimate of drug-likeness (QED) is 0.831. The summed E-state index contributed by atoms with van der Waals surface area (Å²) < 4.78 is 11.3. The van der Waals surface area contributed by atoms with E-state index < -0.39 is 0 Å². The molecule has 25 heavy (non-hydrogen) atoms. The Labute approximate surface area is 164 Å². The Hall–Kier alpha value is -0.560. The lowest BCUT2D eigenvalue weighted by molar-refractivity contribution is -0.139. The standard InChI is InChI=1S/C17H22Cl2N2O3.ClH/c18-14-2-1-12(9-15(14)19)10-24-13-3-6-21(7-4-13)17(22)16-11-23-8-5-20-16;/h1-2,9,13,16,20H,3-8,10-11H2;1H. The van der Waals surface area contributed by atoms with Gasteiger partial charge in [0.15, 0.2) is 0 Å². The molecule has 2 aliphatic rings. The van der Waals surface area contributed by atoms with Crippen LogP contribution in [0.15, 0.2) is 18.2 Å². The molecule has 8 heteroatoms. The number of nitrogens with one attached hydrogen (secondary N) is 1. The summed E-state index contributed by atoms with van der Waals surface area (Å²) in [6.07, 6.45) is 1.86. The Bertz CT molecular complexity index is 574. The molecule has 0 spiro atoms. The Balaban J connectivity index is 0.00000225. The summed E-state index contributed by atoms with van der Waals surface area (Å²) in [5, 5.41) is 4.30. The predicted molar refractivity (Wildman–Crippen MR) is 101 cm³/mol. The van der Waals surface area contributed by atoms with E-state index in [1.54, 1.807) is 6.07 Å². The number of morpholine rings is 1. The van der Waals surface area contributed by atoms with Gasteiger partial charge >= 0.3 is 0 Å². The van der Waals surface area contributed by atoms with E-state index >= 15 is 0 Å². The molecule has 2 fully saturated rings. The lowest BCUT2D eigenvalue weighted by atomic mass is 10.1. The second-order valence-corrected chi connectivity index (χ2v) is 6.98. The summed E-state index contributed by atoms with van der Waals surface area (Å²) in [5.41, 5.74) is 1.01. The Morgan fingerprint density at radius 1 is 1.28 bits per heavy atom. The third kappa shape index (κ3) is 5.71. The topological polar surface area (TPSA) is 50.8 Å². The molecule has 0 aliphatic carbocycles. The number of amides is 1. The van der Waals surface area contributed by atoms with Crippen molar-refractivity contribution < 1.29 is 14.3 Å². The zero-order valence-corrected chi connectivity index (χ0v) is 16.2. The van der Waals surface area contributed by atoms with Crippen molar-refractivity contribution in [3.63, 3.8) is 0 Å². The maximum Gasteiger partial charge on any atom is 0.242 e. The maximum atomic E-state index is 12.4. The fraction of sp³-hybridized carbons (Fsp3) is 0.588. The van der Waals surface area contributed by atoms with Gasteiger partial charge in [0, 0.05) is 19.6 Å². The monoisotopic (exact) mass is 408 g/mol. The van der Waals surface area contributed by atoms with Crippen LogP contribution in [0.5, 0.6) is 0 Å². The van der Waals surface area contributed by atoms with Crippen LogP contribution in [0.3, 0.4) is 0 Å². The third-order valence-corrected chi connectivity index (χ3v) is 5.18. The molecule has 2 heterocycles. The number of carbonyl (C=O) groups is 1. The molecule has 1 unspecified atom stereocenters. The first-order valence-corrected chi connectivity index (χ1v) is 9.04. The van der Waals surface area contributed by atoms with E-state index in [0.29, 0.717) is 29.9 Å². The number of halogens is 3. The molecule has 1 aromatic carbocycles. The third-order valence-electron chi connectivity index (χ3n) is 4.44. The summed E-state index contributed by atoms with van der Waals surface area (Å²) in [6.45, 7) is 3.83. The van der Waals surface area contributed by atoms with E-state index in [1.807, 2.05) is 17.0 Å². The number of hydrogen-bond acceptors (Lipinski definition) is 4. The maximum absolute atomic E-state index is 12.4. The van der Waals surface area contributed by atoms with Crippen LogP contribution in [0.2, 0.25) is 10.0 Å². The van der Waals surface area contributed by atoms with Crippen molar-refractivity contribution in [3.05, 3.63) is 33.8 Å². The fourth-order valence-corrected chi connectivity index (χ4v) is 3.35. The molecule has 1 amide bonds. The molecule has 3 rings (SSSR count). The van der Waals surface area contributed by atoms with Crippen molar-refractivity contribution in [1.82, 2.24) is 10.2 Å². The van der Waals surface area contributed by atoms with Crippen LogP contribution in [0.1, 0.15) is 18.4 Å². The Kier molecular flexibility index (Phi) is 8.26. The molecule has 0 bridgehead atoms. The van der Waals surface area contributed by atoms with Crippen molar-refractivity contribution >= 4 is 41.5 Å². The lowest BCUT2D eigenvalue weighted by Gasteiger charge is -2.35. The highest BCUT2D eigenvalue weighted by atomic mass is 35.5. The Morgan fingerprint density at radius 2 is 2.04 bits per heavy atom. The number of likely N-dealkylation sites (tertiary alicyclic amines) is 1. The molecular weight excluding hydrogens is 387 g/mol. The second kappa shape index (κ2) is 9.95. The molecule has 0 radical (unpaired) electrons. The average Bonchev–Trinajstić information content (AvgIpc) is 2.63. The van der Waals surface area contributed by atoms with Crippen LogP contribution in [0, 0.1) is 0 Å². The van der Waals surface area contributed by atoms with Gasteiger partial charge in [-0.25, -0.2) is 0 Å². The van der Waals surface area contributed by atoms with Gasteiger partial charge in [-0.05, 0) is 30.5 Å². The number of carbonyl (C=O) groups excluding carboxylic acids is 1. The molecule has 1 aromatic rings. The van der Waals surface area contributed by atoms with E-state index in [0.717, 1.165) is 38.0 Å². The smallest absolute Gasteiger partial charge is 0.242 e. The van der Waals surface area contributed by atoms with Gasteiger partial charge in [-0.1, -0.05) is 29.3 Å². The van der Waals surface area contributed by atoms with Crippen LogP contribution >= 0.6 is 35.6 Å². The predicted octanol–water partition coefficient (Wildman–Crippen LogP) is 2.91. The normalized spacial score (nSPS) is 21.7. The molecule has 5 nitrogen and oxygen atoms in total. The average molecular weight is 410 g/mol. The molecule has 0 aromatic heterocycles. The highest BCUT2D eigenvalue weighted by Gasteiger charge is 2.29. The zero-order chi connectivity index (χ0) is 16.9. The van der Waals surface area contributed by atoms with Gasteiger partial charge in [-0.15, -0.1) is 12.4 Å². The van der Waals surface area contributed by atoms with Crippen molar-refractivity contribution in [2.75, 3.05) is 32.8 Å². The molecule has 2 aliphatic heterocycles. The minimum absolute atomic E-state index is 0. The number of rotatable bonds is 4. The van der Waals surface area contributed by atoms with Gasteiger partial charge in [-0.3, -0.25) is 4.79 Å². The van der Waals surface area contributed by atoms with E-state index in [-0.39, 0.29) is 30.5 Å². The lowest BCUT2D eigenvalue weighted by Crippen LogP contribution is -2.54. The number of piperidine rings is 1. The molecule has 0 saturated carbocycles. The fourth-order valence-electron chi connectivity index (χ4n) is 3.03. The molecule has 2 saturated heterocycles. The number of hydrogen-bond donors (Lipinski definition) is 1. The zero-order valence-electron chi connectivity index (χ0n) is 13.9. The SMILES string of the molecule is Cl.O=C(C1COCCN1)N1CCC(OCc2ccc(Cl)c(Cl)c2)CC1. The summed E-state index contributed by atoms with van der Waals surface area (Å²) in [7, 11) is 0. The van der Waals surface area contributed by atoms with E-state index in [2.05, 4.69) is 5.32 Å². The Morgan fingerprint density at radius 3 is 2.68 bits per heavy atom. The van der Waals surface area contributed by atoms with Gasteiger partial charge in [0.2, 0.25) is 5.91 Å². The van der Waals surface area contributed by atoms with E-state index in [9.17, 15) is 4.79 Å². The van der Waals surface area contributed by atoms with Gasteiger partial charge < -0.3 is 19.7 Å². The molecular formula is C17H23Cl3N2O3. The number of nitrogens with zero attached hydrogens (tertiary/aromatic N) is 1. The number of ether oxygens (including phenoxy) is 2. The minimum Gasteiger partial charge on any atom is -0.378 e. The van der Waals surface area contributed by atoms with E-state index in [1.165, 1.54) is 0 Å².